The number of aromatic nitrogens is 1. The molecule has 3 aromatic rings. The maximum Gasteiger partial charge on any atom is 0.254 e. The van der Waals surface area contributed by atoms with Crippen LogP contribution in [0.3, 0.4) is 0 Å². The second kappa shape index (κ2) is 10.4. The lowest BCUT2D eigenvalue weighted by Crippen LogP contribution is -2.38. The Morgan fingerprint density at radius 3 is 2.50 bits per heavy atom. The van der Waals surface area contributed by atoms with Gasteiger partial charge in [-0.1, -0.05) is 35.5 Å². The minimum atomic E-state index is -0.361. The van der Waals surface area contributed by atoms with Crippen LogP contribution in [0.5, 0.6) is 0 Å². The fourth-order valence-electron chi connectivity index (χ4n) is 4.83. The van der Waals surface area contributed by atoms with E-state index in [4.69, 9.17) is 9.26 Å². The van der Waals surface area contributed by atoms with Crippen LogP contribution in [0.1, 0.15) is 48.0 Å². The largest absolute Gasteiger partial charge is 0.376 e. The Hall–Kier alpha value is -3.19. The highest BCUT2D eigenvalue weighted by atomic mass is 19.1. The molecule has 2 saturated heterocycles. The van der Waals surface area contributed by atoms with Gasteiger partial charge in [0.15, 0.2) is 0 Å². The summed E-state index contributed by atoms with van der Waals surface area (Å²) >= 11 is 0. The average Bonchev–Trinajstić information content (AvgIpc) is 3.55. The highest BCUT2D eigenvalue weighted by Gasteiger charge is 2.29. The second-order valence-electron chi connectivity index (χ2n) is 9.06. The molecule has 0 bridgehead atoms. The van der Waals surface area contributed by atoms with Crippen molar-refractivity contribution in [2.75, 3.05) is 31.1 Å². The maximum absolute atomic E-state index is 13.6. The van der Waals surface area contributed by atoms with Gasteiger partial charge in [0.25, 0.3) is 5.91 Å². The van der Waals surface area contributed by atoms with Crippen LogP contribution in [0.2, 0.25) is 0 Å². The average molecular weight is 464 g/mol. The van der Waals surface area contributed by atoms with Gasteiger partial charge in [-0.05, 0) is 56.4 Å². The van der Waals surface area contributed by atoms with Gasteiger partial charge in [-0.25, -0.2) is 4.39 Å². The highest BCUT2D eigenvalue weighted by Crippen LogP contribution is 2.34. The predicted molar refractivity (Wildman–Crippen MR) is 128 cm³/mol. The summed E-state index contributed by atoms with van der Waals surface area (Å²) in [6, 6.07) is 15.7. The van der Waals surface area contributed by atoms with E-state index in [2.05, 4.69) is 10.1 Å². The molecular weight excluding hydrogens is 433 g/mol. The van der Waals surface area contributed by atoms with Gasteiger partial charge in [0, 0.05) is 37.4 Å². The predicted octanol–water partition coefficient (Wildman–Crippen LogP) is 5.29. The maximum atomic E-state index is 13.6. The van der Waals surface area contributed by atoms with Crippen LogP contribution < -0.4 is 4.90 Å². The van der Waals surface area contributed by atoms with Gasteiger partial charge in [-0.2, -0.15) is 0 Å². The first-order valence-corrected chi connectivity index (χ1v) is 12.1. The number of ether oxygens (including phenoxy) is 1. The van der Waals surface area contributed by atoms with Crippen LogP contribution in [0.15, 0.2) is 59.1 Å². The molecule has 5 rings (SSSR count). The summed E-state index contributed by atoms with van der Waals surface area (Å²) in [5, 5.41) is 4.45. The van der Waals surface area contributed by atoms with E-state index < -0.39 is 0 Å². The van der Waals surface area contributed by atoms with Crippen molar-refractivity contribution < 1.29 is 18.4 Å². The first-order chi connectivity index (χ1) is 16.7. The van der Waals surface area contributed by atoms with E-state index in [0.29, 0.717) is 25.3 Å². The zero-order valence-electron chi connectivity index (χ0n) is 19.3. The molecule has 2 aliphatic rings. The summed E-state index contributed by atoms with van der Waals surface area (Å²) in [7, 11) is 0. The standard InChI is InChI=1S/C27H30FN3O3/c28-22-13-11-21(12-14-22)26(32)31(18-23-10-7-17-33-23)19-24-25(20-8-3-1-4-9-20)29-34-27(24)30-15-5-2-6-16-30/h1,3-4,8-9,11-14,23H,2,5-7,10,15-19H2/t23-/m1/s1. The molecule has 1 atom stereocenters. The summed E-state index contributed by atoms with van der Waals surface area (Å²) < 4.78 is 25.3. The Morgan fingerprint density at radius 2 is 1.79 bits per heavy atom. The van der Waals surface area contributed by atoms with E-state index in [1.165, 1.54) is 30.7 Å². The molecule has 0 saturated carbocycles. The number of carbonyl (C=O) groups is 1. The number of anilines is 1. The minimum Gasteiger partial charge on any atom is -0.376 e. The van der Waals surface area contributed by atoms with E-state index in [1.54, 1.807) is 4.90 Å². The second-order valence-corrected chi connectivity index (χ2v) is 9.06. The molecule has 2 aromatic carbocycles. The molecule has 0 N–H and O–H groups in total. The van der Waals surface area contributed by atoms with Gasteiger partial charge < -0.3 is 19.1 Å². The molecule has 2 aliphatic heterocycles. The third-order valence-electron chi connectivity index (χ3n) is 6.63. The molecular formula is C27H30FN3O3. The van der Waals surface area contributed by atoms with Crippen molar-refractivity contribution in [2.45, 2.75) is 44.8 Å². The minimum absolute atomic E-state index is 0.0112. The molecule has 0 unspecified atom stereocenters. The van der Waals surface area contributed by atoms with Gasteiger partial charge in [-0.3, -0.25) is 4.79 Å². The zero-order valence-corrected chi connectivity index (χ0v) is 19.3. The molecule has 7 heteroatoms. The topological polar surface area (TPSA) is 58.8 Å². The third-order valence-corrected chi connectivity index (χ3v) is 6.63. The molecule has 2 fully saturated rings. The van der Waals surface area contributed by atoms with Crippen molar-refractivity contribution in [1.29, 1.82) is 0 Å². The van der Waals surface area contributed by atoms with Crippen molar-refractivity contribution in [3.8, 4) is 11.3 Å². The van der Waals surface area contributed by atoms with Crippen LogP contribution >= 0.6 is 0 Å². The first kappa shape index (κ1) is 22.6. The Labute approximate surface area is 199 Å². The van der Waals surface area contributed by atoms with Gasteiger partial charge in [0.1, 0.15) is 11.5 Å². The van der Waals surface area contributed by atoms with Crippen LogP contribution in [0.4, 0.5) is 10.3 Å². The van der Waals surface area contributed by atoms with E-state index in [9.17, 15) is 9.18 Å². The van der Waals surface area contributed by atoms with E-state index >= 15 is 0 Å². The van der Waals surface area contributed by atoms with Crippen LogP contribution in [0, 0.1) is 5.82 Å². The van der Waals surface area contributed by atoms with Gasteiger partial charge >= 0.3 is 0 Å². The normalized spacial score (nSPS) is 18.3. The first-order valence-electron chi connectivity index (χ1n) is 12.1. The summed E-state index contributed by atoms with van der Waals surface area (Å²) in [6.45, 7) is 3.34. The van der Waals surface area contributed by atoms with E-state index in [1.807, 2.05) is 30.3 Å². The van der Waals surface area contributed by atoms with Crippen molar-refractivity contribution in [3.63, 3.8) is 0 Å². The number of halogens is 1. The molecule has 6 nitrogen and oxygen atoms in total. The number of amides is 1. The van der Waals surface area contributed by atoms with Gasteiger partial charge in [0.2, 0.25) is 5.88 Å². The number of nitrogens with zero attached hydrogens (tertiary/aromatic N) is 3. The van der Waals surface area contributed by atoms with Crippen LogP contribution in [0.25, 0.3) is 11.3 Å². The summed E-state index contributed by atoms with van der Waals surface area (Å²) in [5.74, 6) is 0.225. The Balaban J connectivity index is 1.51. The molecule has 1 aromatic heterocycles. The number of hydrogen-bond donors (Lipinski definition) is 0. The van der Waals surface area contributed by atoms with Gasteiger partial charge in [0.05, 0.1) is 18.2 Å². The van der Waals surface area contributed by atoms with Crippen molar-refractivity contribution in [2.24, 2.45) is 0 Å². The lowest BCUT2D eigenvalue weighted by atomic mass is 10.0. The molecule has 178 valence electrons. The number of benzene rings is 2. The molecule has 1 amide bonds. The lowest BCUT2D eigenvalue weighted by Gasteiger charge is -2.29. The van der Waals surface area contributed by atoms with E-state index in [0.717, 1.165) is 61.5 Å². The monoisotopic (exact) mass is 463 g/mol. The molecule has 34 heavy (non-hydrogen) atoms. The SMILES string of the molecule is O=C(c1ccc(F)cc1)N(Cc1c(-c2ccccc2)noc1N1CCCCC1)C[C@H]1CCCO1. The lowest BCUT2D eigenvalue weighted by molar-refractivity contribution is 0.0507. The Morgan fingerprint density at radius 1 is 1.03 bits per heavy atom. The zero-order chi connectivity index (χ0) is 23.3. The Kier molecular flexibility index (Phi) is 6.90. The fraction of sp³-hybridized carbons (Fsp3) is 0.407. The molecule has 3 heterocycles. The number of piperidine rings is 1. The van der Waals surface area contributed by atoms with Crippen molar-refractivity contribution in [3.05, 3.63) is 71.5 Å². The van der Waals surface area contributed by atoms with Crippen molar-refractivity contribution in [1.82, 2.24) is 10.1 Å². The summed E-state index contributed by atoms with van der Waals surface area (Å²) in [6.07, 6.45) is 5.32. The summed E-state index contributed by atoms with van der Waals surface area (Å²) in [5.41, 5.74) is 3.07. The van der Waals surface area contributed by atoms with Crippen LogP contribution in [-0.2, 0) is 11.3 Å². The van der Waals surface area contributed by atoms with Crippen molar-refractivity contribution >= 4 is 11.8 Å². The Bertz CT molecular complexity index is 1090. The fourth-order valence-corrected chi connectivity index (χ4v) is 4.83. The number of hydrogen-bond acceptors (Lipinski definition) is 5. The summed E-state index contributed by atoms with van der Waals surface area (Å²) in [4.78, 5) is 17.6. The third kappa shape index (κ3) is 4.99. The molecule has 0 spiro atoms. The van der Waals surface area contributed by atoms with Gasteiger partial charge in [-0.15, -0.1) is 0 Å². The number of rotatable bonds is 7. The molecule has 0 aliphatic carbocycles. The highest BCUT2D eigenvalue weighted by molar-refractivity contribution is 5.94. The smallest absolute Gasteiger partial charge is 0.254 e. The van der Waals surface area contributed by atoms with E-state index in [-0.39, 0.29) is 17.8 Å². The number of carbonyl (C=O) groups excluding carboxylic acids is 1. The quantitative estimate of drug-likeness (QED) is 0.476. The van der Waals surface area contributed by atoms with Crippen LogP contribution in [-0.4, -0.2) is 48.3 Å². The molecule has 0 radical (unpaired) electrons.